The zero-order chi connectivity index (χ0) is 16.7. The second-order valence-corrected chi connectivity index (χ2v) is 7.89. The molecule has 1 aliphatic carbocycles. The van der Waals surface area contributed by atoms with E-state index in [4.69, 9.17) is 23.2 Å². The number of hydrogen-bond donors (Lipinski definition) is 0. The standard InChI is InChI=1S/C20H22Cl2N2/c1-13-3-2-10-24(13)17-11-16(12-17)14-4-6-15(7-5-14)18-8-9-19(21)23-20(18)22/h4-9,13,16-17H,2-3,10-12H2,1H3/t13-,16-,17-/m1/s1. The summed E-state index contributed by atoms with van der Waals surface area (Å²) in [6.07, 6.45) is 5.33. The second-order valence-electron chi connectivity index (χ2n) is 7.15. The maximum absolute atomic E-state index is 6.21. The van der Waals surface area contributed by atoms with Gasteiger partial charge in [-0.2, -0.15) is 0 Å². The van der Waals surface area contributed by atoms with Gasteiger partial charge in [-0.05, 0) is 68.3 Å². The molecule has 2 aromatic rings. The number of likely N-dealkylation sites (tertiary alicyclic amines) is 1. The van der Waals surface area contributed by atoms with Gasteiger partial charge in [-0.15, -0.1) is 0 Å². The second kappa shape index (κ2) is 6.67. The molecule has 1 saturated heterocycles. The van der Waals surface area contributed by atoms with Gasteiger partial charge in [-0.1, -0.05) is 47.5 Å². The summed E-state index contributed by atoms with van der Waals surface area (Å²) < 4.78 is 0. The first-order valence-corrected chi connectivity index (χ1v) is 9.55. The van der Waals surface area contributed by atoms with Crippen LogP contribution < -0.4 is 0 Å². The maximum atomic E-state index is 6.21. The van der Waals surface area contributed by atoms with E-state index in [2.05, 4.69) is 41.1 Å². The smallest absolute Gasteiger partial charge is 0.138 e. The van der Waals surface area contributed by atoms with Gasteiger partial charge >= 0.3 is 0 Å². The molecule has 24 heavy (non-hydrogen) atoms. The lowest BCUT2D eigenvalue weighted by molar-refractivity contribution is 0.103. The predicted octanol–water partition coefficient (Wildman–Crippen LogP) is 5.79. The molecular weight excluding hydrogens is 339 g/mol. The van der Waals surface area contributed by atoms with Crippen LogP contribution in [0.5, 0.6) is 0 Å². The van der Waals surface area contributed by atoms with Crippen LogP contribution in [0.4, 0.5) is 0 Å². The Hall–Kier alpha value is -1.09. The lowest BCUT2D eigenvalue weighted by Gasteiger charge is -2.43. The van der Waals surface area contributed by atoms with Crippen molar-refractivity contribution in [1.29, 1.82) is 0 Å². The molecule has 1 saturated carbocycles. The van der Waals surface area contributed by atoms with Gasteiger partial charge in [0.25, 0.3) is 0 Å². The van der Waals surface area contributed by atoms with Crippen LogP contribution in [0.1, 0.15) is 44.1 Å². The zero-order valence-corrected chi connectivity index (χ0v) is 15.4. The summed E-state index contributed by atoms with van der Waals surface area (Å²) in [6.45, 7) is 3.67. The minimum Gasteiger partial charge on any atom is -0.298 e. The van der Waals surface area contributed by atoms with Crippen molar-refractivity contribution in [3.63, 3.8) is 0 Å². The summed E-state index contributed by atoms with van der Waals surface area (Å²) in [7, 11) is 0. The molecule has 1 aromatic carbocycles. The van der Waals surface area contributed by atoms with E-state index in [-0.39, 0.29) is 0 Å². The molecule has 126 valence electrons. The highest BCUT2D eigenvalue weighted by atomic mass is 35.5. The third-order valence-electron chi connectivity index (χ3n) is 5.69. The number of nitrogens with zero attached hydrogens (tertiary/aromatic N) is 2. The molecule has 2 heterocycles. The van der Waals surface area contributed by atoms with Gasteiger partial charge in [-0.3, -0.25) is 4.90 Å². The number of aromatic nitrogens is 1. The fourth-order valence-corrected chi connectivity index (χ4v) is 4.64. The van der Waals surface area contributed by atoms with E-state index < -0.39 is 0 Å². The molecule has 1 atom stereocenters. The Morgan fingerprint density at radius 3 is 2.42 bits per heavy atom. The van der Waals surface area contributed by atoms with Crippen molar-refractivity contribution in [3.05, 3.63) is 52.3 Å². The summed E-state index contributed by atoms with van der Waals surface area (Å²) in [5.41, 5.74) is 3.47. The Balaban J connectivity index is 1.43. The van der Waals surface area contributed by atoms with Crippen LogP contribution in [0, 0.1) is 0 Å². The monoisotopic (exact) mass is 360 g/mol. The van der Waals surface area contributed by atoms with Gasteiger partial charge in [0.15, 0.2) is 0 Å². The molecule has 0 unspecified atom stereocenters. The first kappa shape index (κ1) is 16.4. The molecule has 1 aromatic heterocycles. The lowest BCUT2D eigenvalue weighted by atomic mass is 9.74. The highest BCUT2D eigenvalue weighted by molar-refractivity contribution is 6.34. The fraction of sp³-hybridized carbons (Fsp3) is 0.450. The SMILES string of the molecule is C[C@@H]1CCCN1[C@H]1C[C@H](c2ccc(-c3ccc(Cl)nc3Cl)cc2)C1. The number of halogens is 2. The summed E-state index contributed by atoms with van der Waals surface area (Å²) >= 11 is 12.1. The largest absolute Gasteiger partial charge is 0.298 e. The van der Waals surface area contributed by atoms with Crippen molar-refractivity contribution in [3.8, 4) is 11.1 Å². The van der Waals surface area contributed by atoms with E-state index in [1.54, 1.807) is 6.07 Å². The van der Waals surface area contributed by atoms with Crippen molar-refractivity contribution in [2.24, 2.45) is 0 Å². The van der Waals surface area contributed by atoms with Crippen molar-refractivity contribution >= 4 is 23.2 Å². The van der Waals surface area contributed by atoms with Gasteiger partial charge in [0.2, 0.25) is 0 Å². The summed E-state index contributed by atoms with van der Waals surface area (Å²) in [6, 6.07) is 14.1. The van der Waals surface area contributed by atoms with Crippen LogP contribution in [-0.2, 0) is 0 Å². The van der Waals surface area contributed by atoms with E-state index in [0.29, 0.717) is 16.2 Å². The summed E-state index contributed by atoms with van der Waals surface area (Å²) in [4.78, 5) is 6.83. The summed E-state index contributed by atoms with van der Waals surface area (Å²) in [5.74, 6) is 0.704. The highest BCUT2D eigenvalue weighted by Crippen LogP contribution is 2.42. The van der Waals surface area contributed by atoms with Crippen molar-refractivity contribution in [2.45, 2.75) is 50.6 Å². The minimum absolute atomic E-state index is 0.428. The topological polar surface area (TPSA) is 16.1 Å². The fourth-order valence-electron chi connectivity index (χ4n) is 4.19. The van der Waals surface area contributed by atoms with E-state index in [1.807, 2.05) is 6.07 Å². The van der Waals surface area contributed by atoms with Crippen LogP contribution >= 0.6 is 23.2 Å². The van der Waals surface area contributed by atoms with Crippen LogP contribution in [0.25, 0.3) is 11.1 Å². The lowest BCUT2D eigenvalue weighted by Crippen LogP contribution is -2.45. The molecule has 2 nitrogen and oxygen atoms in total. The van der Waals surface area contributed by atoms with E-state index in [0.717, 1.165) is 23.2 Å². The van der Waals surface area contributed by atoms with Crippen molar-refractivity contribution < 1.29 is 0 Å². The third-order valence-corrected chi connectivity index (χ3v) is 6.19. The van der Waals surface area contributed by atoms with Gasteiger partial charge < -0.3 is 0 Å². The van der Waals surface area contributed by atoms with Gasteiger partial charge in [-0.25, -0.2) is 4.98 Å². The zero-order valence-electron chi connectivity index (χ0n) is 13.9. The average molecular weight is 361 g/mol. The third kappa shape index (κ3) is 3.08. The number of benzene rings is 1. The first-order valence-electron chi connectivity index (χ1n) is 8.80. The molecule has 2 aliphatic rings. The molecule has 1 aliphatic heterocycles. The van der Waals surface area contributed by atoms with Crippen LogP contribution in [0.2, 0.25) is 10.3 Å². The normalized spacial score (nSPS) is 27.2. The van der Waals surface area contributed by atoms with Gasteiger partial charge in [0.05, 0.1) is 0 Å². The molecular formula is C20H22Cl2N2. The molecule has 0 bridgehead atoms. The molecule has 0 spiro atoms. The molecule has 0 N–H and O–H groups in total. The predicted molar refractivity (Wildman–Crippen MR) is 101 cm³/mol. The summed E-state index contributed by atoms with van der Waals surface area (Å²) in [5, 5.41) is 0.888. The van der Waals surface area contributed by atoms with Crippen molar-refractivity contribution in [1.82, 2.24) is 9.88 Å². The Bertz CT molecular complexity index is 723. The Labute approximate surface area is 153 Å². The molecule has 4 rings (SSSR count). The Kier molecular flexibility index (Phi) is 4.55. The highest BCUT2D eigenvalue weighted by Gasteiger charge is 2.37. The van der Waals surface area contributed by atoms with Gasteiger partial charge in [0, 0.05) is 17.6 Å². The number of pyridine rings is 1. The number of rotatable bonds is 3. The van der Waals surface area contributed by atoms with E-state index >= 15 is 0 Å². The maximum Gasteiger partial charge on any atom is 0.138 e. The Morgan fingerprint density at radius 2 is 1.79 bits per heavy atom. The first-order chi connectivity index (χ1) is 11.6. The minimum atomic E-state index is 0.428. The molecule has 4 heteroatoms. The number of hydrogen-bond acceptors (Lipinski definition) is 2. The van der Waals surface area contributed by atoms with E-state index in [9.17, 15) is 0 Å². The quantitative estimate of drug-likeness (QED) is 0.644. The molecule has 0 amide bonds. The average Bonchev–Trinajstić information content (AvgIpc) is 2.93. The molecule has 0 radical (unpaired) electrons. The van der Waals surface area contributed by atoms with Crippen LogP contribution in [0.3, 0.4) is 0 Å². The Morgan fingerprint density at radius 1 is 1.04 bits per heavy atom. The van der Waals surface area contributed by atoms with Crippen LogP contribution in [-0.4, -0.2) is 28.5 Å². The van der Waals surface area contributed by atoms with Gasteiger partial charge in [0.1, 0.15) is 10.3 Å². The molecule has 2 fully saturated rings. The van der Waals surface area contributed by atoms with Crippen LogP contribution in [0.15, 0.2) is 36.4 Å². The van der Waals surface area contributed by atoms with Crippen molar-refractivity contribution in [2.75, 3.05) is 6.54 Å². The van der Waals surface area contributed by atoms with E-state index in [1.165, 1.54) is 37.8 Å².